The molecule has 0 spiro atoms. The van der Waals surface area contributed by atoms with Crippen molar-refractivity contribution >= 4 is 5.78 Å². The van der Waals surface area contributed by atoms with Crippen molar-refractivity contribution in [2.75, 3.05) is 6.61 Å². The zero-order valence-electron chi connectivity index (χ0n) is 13.1. The van der Waals surface area contributed by atoms with E-state index in [4.69, 9.17) is 9.47 Å². The highest BCUT2D eigenvalue weighted by atomic mass is 16.7. The zero-order chi connectivity index (χ0) is 18.3. The number of phenolic OH excluding ortho intramolecular Hbond substituents is 1. The quantitative estimate of drug-likeness (QED) is 0.382. The first kappa shape index (κ1) is 18.1. The van der Waals surface area contributed by atoms with Gasteiger partial charge < -0.3 is 40.1 Å². The lowest BCUT2D eigenvalue weighted by atomic mass is 9.87. The van der Waals surface area contributed by atoms with E-state index in [0.717, 1.165) is 0 Å². The van der Waals surface area contributed by atoms with Gasteiger partial charge in [0.15, 0.2) is 5.78 Å². The third-order valence-corrected chi connectivity index (χ3v) is 4.53. The first-order chi connectivity index (χ1) is 11.8. The third-order valence-electron chi connectivity index (χ3n) is 4.53. The molecule has 1 heterocycles. The predicted octanol–water partition coefficient (Wildman–Crippen LogP) is -1.42. The molecule has 25 heavy (non-hydrogen) atoms. The summed E-state index contributed by atoms with van der Waals surface area (Å²) in [7, 11) is 0. The van der Waals surface area contributed by atoms with Crippen LogP contribution < -0.4 is 4.74 Å². The Labute approximate surface area is 142 Å². The molecular weight excluding hydrogens is 336 g/mol. The number of aromatic hydroxyl groups is 1. The molecule has 2 aliphatic rings. The smallest absolute Gasteiger partial charge is 0.229 e. The van der Waals surface area contributed by atoms with Gasteiger partial charge in [0, 0.05) is 12.0 Å². The number of ether oxygens (including phenoxy) is 2. The molecule has 1 aliphatic heterocycles. The summed E-state index contributed by atoms with van der Waals surface area (Å²) >= 11 is 0. The van der Waals surface area contributed by atoms with E-state index in [9.17, 15) is 35.4 Å². The van der Waals surface area contributed by atoms with Gasteiger partial charge in [0.05, 0.1) is 18.3 Å². The Morgan fingerprint density at radius 1 is 1.12 bits per heavy atom. The molecule has 0 aromatic heterocycles. The minimum Gasteiger partial charge on any atom is -0.507 e. The number of Topliss-reactive ketones (excluding diaryl/α,β-unsaturated/α-hetero) is 1. The van der Waals surface area contributed by atoms with Crippen LogP contribution in [0.2, 0.25) is 0 Å². The molecule has 6 unspecified atom stereocenters. The Morgan fingerprint density at radius 3 is 2.52 bits per heavy atom. The molecule has 138 valence electrons. The van der Waals surface area contributed by atoms with Crippen LogP contribution in [0.15, 0.2) is 12.1 Å². The van der Waals surface area contributed by atoms with Crippen LogP contribution in [0.4, 0.5) is 0 Å². The van der Waals surface area contributed by atoms with Gasteiger partial charge in [0.1, 0.15) is 35.9 Å². The summed E-state index contributed by atoms with van der Waals surface area (Å²) in [5.41, 5.74) is 0.0223. The predicted molar refractivity (Wildman–Crippen MR) is 81.0 cm³/mol. The van der Waals surface area contributed by atoms with Gasteiger partial charge >= 0.3 is 0 Å². The average molecular weight is 356 g/mol. The van der Waals surface area contributed by atoms with Crippen molar-refractivity contribution in [2.24, 2.45) is 0 Å². The topological polar surface area (TPSA) is 157 Å². The van der Waals surface area contributed by atoms with E-state index in [-0.39, 0.29) is 41.3 Å². The van der Waals surface area contributed by atoms with Crippen LogP contribution in [0.1, 0.15) is 34.9 Å². The number of hydrogen-bond acceptors (Lipinski definition) is 9. The summed E-state index contributed by atoms with van der Waals surface area (Å²) in [4.78, 5) is 12.0. The fourth-order valence-electron chi connectivity index (χ4n) is 3.14. The van der Waals surface area contributed by atoms with Crippen molar-refractivity contribution in [1.82, 2.24) is 0 Å². The molecule has 3 rings (SSSR count). The van der Waals surface area contributed by atoms with Crippen LogP contribution >= 0.6 is 0 Å². The molecule has 1 aliphatic carbocycles. The molecule has 6 N–H and O–H groups in total. The van der Waals surface area contributed by atoms with Crippen LogP contribution in [-0.2, 0) is 4.74 Å². The van der Waals surface area contributed by atoms with Crippen molar-refractivity contribution in [1.29, 1.82) is 0 Å². The first-order valence-electron chi connectivity index (χ1n) is 7.89. The number of ketones is 1. The number of fused-ring (bicyclic) bond motifs is 1. The summed E-state index contributed by atoms with van der Waals surface area (Å²) in [5.74, 6) is -0.644. The van der Waals surface area contributed by atoms with Gasteiger partial charge in [-0.3, -0.25) is 4.79 Å². The number of carbonyl (C=O) groups excluding carboxylic acids is 1. The maximum absolute atomic E-state index is 12.0. The number of carbonyl (C=O) groups is 1. The van der Waals surface area contributed by atoms with Crippen LogP contribution in [0.3, 0.4) is 0 Å². The van der Waals surface area contributed by atoms with Crippen molar-refractivity contribution in [2.45, 2.75) is 49.7 Å². The van der Waals surface area contributed by atoms with Crippen molar-refractivity contribution in [3.63, 3.8) is 0 Å². The van der Waals surface area contributed by atoms with Crippen LogP contribution in [-0.4, -0.2) is 73.7 Å². The monoisotopic (exact) mass is 356 g/mol. The van der Waals surface area contributed by atoms with Crippen LogP contribution in [0.25, 0.3) is 0 Å². The summed E-state index contributed by atoms with van der Waals surface area (Å²) in [6.45, 7) is -0.612. The summed E-state index contributed by atoms with van der Waals surface area (Å²) in [5, 5.41) is 58.9. The SMILES string of the molecule is O=C1CCC(O)c2c(OC3OC(CO)C(O)C(O)C3O)ccc(O)c21. The Morgan fingerprint density at radius 2 is 1.84 bits per heavy atom. The number of aliphatic hydroxyl groups is 5. The molecule has 1 fully saturated rings. The molecule has 0 saturated carbocycles. The van der Waals surface area contributed by atoms with Gasteiger partial charge in [-0.05, 0) is 18.6 Å². The Hall–Kier alpha value is -1.75. The molecular formula is C16H20O9. The van der Waals surface area contributed by atoms with E-state index >= 15 is 0 Å². The van der Waals surface area contributed by atoms with Crippen molar-refractivity contribution in [3.05, 3.63) is 23.3 Å². The lowest BCUT2D eigenvalue weighted by Gasteiger charge is -2.40. The minimum absolute atomic E-state index is 0.00215. The van der Waals surface area contributed by atoms with Crippen LogP contribution in [0, 0.1) is 0 Å². The second kappa shape index (κ2) is 6.87. The summed E-state index contributed by atoms with van der Waals surface area (Å²) in [6, 6.07) is 2.52. The molecule has 1 saturated heterocycles. The number of phenols is 1. The highest BCUT2D eigenvalue weighted by Gasteiger charge is 2.45. The third kappa shape index (κ3) is 3.10. The lowest BCUT2D eigenvalue weighted by Crippen LogP contribution is -2.60. The van der Waals surface area contributed by atoms with Gasteiger partial charge in [-0.2, -0.15) is 0 Å². The van der Waals surface area contributed by atoms with Gasteiger partial charge in [-0.25, -0.2) is 0 Å². The van der Waals surface area contributed by atoms with Crippen molar-refractivity contribution < 1.29 is 44.9 Å². The highest BCUT2D eigenvalue weighted by Crippen LogP contribution is 2.41. The number of rotatable bonds is 3. The average Bonchev–Trinajstić information content (AvgIpc) is 2.60. The number of aliphatic hydroxyl groups excluding tert-OH is 5. The molecule has 0 bridgehead atoms. The van der Waals surface area contributed by atoms with E-state index in [2.05, 4.69) is 0 Å². The van der Waals surface area contributed by atoms with Gasteiger partial charge in [-0.1, -0.05) is 0 Å². The van der Waals surface area contributed by atoms with E-state index in [1.165, 1.54) is 12.1 Å². The second-order valence-electron chi connectivity index (χ2n) is 6.16. The summed E-state index contributed by atoms with van der Waals surface area (Å²) < 4.78 is 10.8. The maximum atomic E-state index is 12.0. The van der Waals surface area contributed by atoms with E-state index in [0.29, 0.717) is 0 Å². The van der Waals surface area contributed by atoms with Gasteiger partial charge in [-0.15, -0.1) is 0 Å². The van der Waals surface area contributed by atoms with E-state index in [1.54, 1.807) is 0 Å². The van der Waals surface area contributed by atoms with Gasteiger partial charge in [0.25, 0.3) is 0 Å². The molecule has 0 amide bonds. The van der Waals surface area contributed by atoms with E-state index < -0.39 is 43.4 Å². The fourth-order valence-corrected chi connectivity index (χ4v) is 3.14. The maximum Gasteiger partial charge on any atom is 0.229 e. The van der Waals surface area contributed by atoms with E-state index in [1.807, 2.05) is 0 Å². The standard InChI is InChI=1S/C16H20O9/c17-5-10-13(21)14(22)15(23)16(25-10)24-9-4-3-7(19)11-6(18)1-2-8(20)12(9)11/h3-4,8,10,13-17,19-23H,1-2,5H2. The fraction of sp³-hybridized carbons (Fsp3) is 0.562. The Bertz CT molecular complexity index is 659. The number of benzene rings is 1. The molecule has 6 atom stereocenters. The largest absolute Gasteiger partial charge is 0.507 e. The van der Waals surface area contributed by atoms with Gasteiger partial charge in [0.2, 0.25) is 6.29 Å². The van der Waals surface area contributed by atoms with Crippen molar-refractivity contribution in [3.8, 4) is 11.5 Å². The lowest BCUT2D eigenvalue weighted by molar-refractivity contribution is -0.277. The van der Waals surface area contributed by atoms with Crippen LogP contribution in [0.5, 0.6) is 11.5 Å². The minimum atomic E-state index is -1.63. The normalized spacial score (nSPS) is 35.3. The summed E-state index contributed by atoms with van der Waals surface area (Å²) in [6.07, 6.45) is -8.20. The Balaban J connectivity index is 1.93. The first-order valence-corrected chi connectivity index (χ1v) is 7.89. The second-order valence-corrected chi connectivity index (χ2v) is 6.16. The molecule has 1 aromatic rings. The zero-order valence-corrected chi connectivity index (χ0v) is 13.1. The Kier molecular flexibility index (Phi) is 4.96. The molecule has 1 aromatic carbocycles. The molecule has 9 nitrogen and oxygen atoms in total. The molecule has 0 radical (unpaired) electrons. The molecule has 9 heteroatoms. The highest BCUT2D eigenvalue weighted by molar-refractivity contribution is 6.01. The number of hydrogen-bond donors (Lipinski definition) is 6.